The molecule has 0 aliphatic rings. The van der Waals surface area contributed by atoms with Gasteiger partial charge in [-0.2, -0.15) is 0 Å². The summed E-state index contributed by atoms with van der Waals surface area (Å²) in [6.07, 6.45) is 16.8. The quantitative estimate of drug-likeness (QED) is 0.155. The molecular formula is C30H48O2Si. The summed E-state index contributed by atoms with van der Waals surface area (Å²) in [4.78, 5) is 0. The minimum atomic E-state index is -2.77. The minimum Gasteiger partial charge on any atom is -0.388 e. The monoisotopic (exact) mass is 468 g/mol. The van der Waals surface area contributed by atoms with E-state index in [9.17, 15) is 0 Å². The molecule has 0 aromatic heterocycles. The fourth-order valence-electron chi connectivity index (χ4n) is 4.47. The minimum absolute atomic E-state index is 0.188. The molecule has 2 aromatic carbocycles. The molecule has 33 heavy (non-hydrogen) atoms. The highest BCUT2D eigenvalue weighted by atomic mass is 28.4. The Morgan fingerprint density at radius 1 is 0.606 bits per heavy atom. The summed E-state index contributed by atoms with van der Waals surface area (Å²) in [5.41, 5.74) is 0. The normalized spacial score (nSPS) is 12.7. The maximum absolute atomic E-state index is 7.00. The zero-order valence-electron chi connectivity index (χ0n) is 21.6. The zero-order valence-corrected chi connectivity index (χ0v) is 22.6. The van der Waals surface area contributed by atoms with E-state index in [2.05, 4.69) is 81.4 Å². The van der Waals surface area contributed by atoms with Crippen LogP contribution in [0.25, 0.3) is 0 Å². The molecule has 0 spiro atoms. The Balaban J connectivity index is 2.10. The maximum atomic E-state index is 7.00. The molecule has 0 N–H and O–H groups in total. The van der Waals surface area contributed by atoms with Crippen molar-refractivity contribution in [1.82, 2.24) is 0 Å². The maximum Gasteiger partial charge on any atom is 0.407 e. The van der Waals surface area contributed by atoms with Crippen molar-refractivity contribution in [2.24, 2.45) is 0 Å². The van der Waals surface area contributed by atoms with E-state index in [-0.39, 0.29) is 6.10 Å². The van der Waals surface area contributed by atoms with Gasteiger partial charge < -0.3 is 8.85 Å². The Hall–Kier alpha value is -1.42. The molecule has 2 rings (SSSR count). The van der Waals surface area contributed by atoms with Gasteiger partial charge >= 0.3 is 8.56 Å². The van der Waals surface area contributed by atoms with Crippen LogP contribution in [0.1, 0.15) is 104 Å². The second-order valence-electron chi connectivity index (χ2n) is 9.45. The van der Waals surface area contributed by atoms with Crippen molar-refractivity contribution in [3.8, 4) is 0 Å². The lowest BCUT2D eigenvalue weighted by Crippen LogP contribution is -2.64. The molecule has 3 heteroatoms. The van der Waals surface area contributed by atoms with Gasteiger partial charge in [-0.15, -0.1) is 0 Å². The van der Waals surface area contributed by atoms with Gasteiger partial charge in [0.2, 0.25) is 0 Å². The third-order valence-electron chi connectivity index (χ3n) is 6.44. The van der Waals surface area contributed by atoms with Crippen LogP contribution < -0.4 is 10.4 Å². The lowest BCUT2D eigenvalue weighted by atomic mass is 10.1. The molecule has 0 heterocycles. The number of benzene rings is 2. The lowest BCUT2D eigenvalue weighted by Gasteiger charge is -2.34. The largest absolute Gasteiger partial charge is 0.407 e. The highest BCUT2D eigenvalue weighted by Crippen LogP contribution is 2.18. The Morgan fingerprint density at radius 2 is 1.06 bits per heavy atom. The van der Waals surface area contributed by atoms with Gasteiger partial charge in [-0.1, -0.05) is 145 Å². The van der Waals surface area contributed by atoms with Crippen molar-refractivity contribution >= 4 is 18.9 Å². The zero-order chi connectivity index (χ0) is 23.6. The van der Waals surface area contributed by atoms with Crippen LogP contribution in [0.2, 0.25) is 0 Å². The van der Waals surface area contributed by atoms with E-state index < -0.39 is 8.56 Å². The Labute approximate surface area is 205 Å². The van der Waals surface area contributed by atoms with Gasteiger partial charge in [-0.05, 0) is 30.1 Å². The van der Waals surface area contributed by atoms with Crippen LogP contribution in [0.15, 0.2) is 60.7 Å². The summed E-state index contributed by atoms with van der Waals surface area (Å²) in [5.74, 6) is 0. The SMILES string of the molecule is CCCCCCCCO[Si](OC(C)CCCCCCCC)(c1ccccc1)c1ccccc1. The van der Waals surface area contributed by atoms with Crippen molar-refractivity contribution < 1.29 is 8.85 Å². The van der Waals surface area contributed by atoms with E-state index in [0.717, 1.165) is 19.4 Å². The van der Waals surface area contributed by atoms with Crippen molar-refractivity contribution in [3.63, 3.8) is 0 Å². The van der Waals surface area contributed by atoms with Gasteiger partial charge in [0.15, 0.2) is 0 Å². The third kappa shape index (κ3) is 10.2. The highest BCUT2D eigenvalue weighted by molar-refractivity contribution is 6.92. The average Bonchev–Trinajstić information content (AvgIpc) is 2.86. The lowest BCUT2D eigenvalue weighted by molar-refractivity contribution is 0.132. The molecular weight excluding hydrogens is 420 g/mol. The molecule has 0 aliphatic heterocycles. The van der Waals surface area contributed by atoms with E-state index in [1.807, 2.05) is 0 Å². The Bertz CT molecular complexity index is 664. The fraction of sp³-hybridized carbons (Fsp3) is 0.600. The van der Waals surface area contributed by atoms with Crippen LogP contribution >= 0.6 is 0 Å². The molecule has 0 saturated heterocycles. The van der Waals surface area contributed by atoms with E-state index in [4.69, 9.17) is 8.85 Å². The van der Waals surface area contributed by atoms with Crippen LogP contribution in [-0.2, 0) is 8.85 Å². The molecule has 0 amide bonds. The number of hydrogen-bond donors (Lipinski definition) is 0. The second kappa shape index (κ2) is 17.1. The van der Waals surface area contributed by atoms with Gasteiger partial charge in [-0.25, -0.2) is 0 Å². The number of hydrogen-bond acceptors (Lipinski definition) is 2. The van der Waals surface area contributed by atoms with Crippen molar-refractivity contribution in [1.29, 1.82) is 0 Å². The molecule has 0 saturated carbocycles. The van der Waals surface area contributed by atoms with Gasteiger partial charge in [0.25, 0.3) is 0 Å². The van der Waals surface area contributed by atoms with Gasteiger partial charge in [0.05, 0.1) is 0 Å². The average molecular weight is 469 g/mol. The summed E-state index contributed by atoms with van der Waals surface area (Å²) in [5, 5.41) is 2.44. The third-order valence-corrected chi connectivity index (χ3v) is 9.97. The topological polar surface area (TPSA) is 18.5 Å². The van der Waals surface area contributed by atoms with E-state index in [1.54, 1.807) is 0 Å². The molecule has 0 radical (unpaired) electrons. The summed E-state index contributed by atoms with van der Waals surface area (Å²) in [6, 6.07) is 21.5. The van der Waals surface area contributed by atoms with E-state index >= 15 is 0 Å². The van der Waals surface area contributed by atoms with E-state index in [1.165, 1.54) is 81.0 Å². The molecule has 1 unspecified atom stereocenters. The Morgan fingerprint density at radius 3 is 1.58 bits per heavy atom. The predicted molar refractivity (Wildman–Crippen MR) is 146 cm³/mol. The van der Waals surface area contributed by atoms with Crippen LogP contribution in [0.5, 0.6) is 0 Å². The first kappa shape index (κ1) is 27.8. The van der Waals surface area contributed by atoms with Gasteiger partial charge in [0.1, 0.15) is 0 Å². The molecule has 0 bridgehead atoms. The molecule has 0 aliphatic carbocycles. The summed E-state index contributed by atoms with van der Waals surface area (Å²) in [6.45, 7) is 7.56. The highest BCUT2D eigenvalue weighted by Gasteiger charge is 2.43. The van der Waals surface area contributed by atoms with Crippen LogP contribution in [0.4, 0.5) is 0 Å². The molecule has 0 fully saturated rings. The van der Waals surface area contributed by atoms with Crippen LogP contribution in [0, 0.1) is 0 Å². The van der Waals surface area contributed by atoms with Crippen molar-refractivity contribution in [2.45, 2.75) is 110 Å². The smallest absolute Gasteiger partial charge is 0.388 e. The molecule has 2 aromatic rings. The summed E-state index contributed by atoms with van der Waals surface area (Å²) in [7, 11) is -2.77. The fourth-order valence-corrected chi connectivity index (χ4v) is 7.86. The number of unbranched alkanes of at least 4 members (excludes halogenated alkanes) is 10. The summed E-state index contributed by atoms with van der Waals surface area (Å²) < 4.78 is 13.9. The van der Waals surface area contributed by atoms with Crippen LogP contribution in [-0.4, -0.2) is 21.3 Å². The van der Waals surface area contributed by atoms with Gasteiger partial charge in [0, 0.05) is 12.7 Å². The van der Waals surface area contributed by atoms with Gasteiger partial charge in [-0.3, -0.25) is 0 Å². The molecule has 1 atom stereocenters. The predicted octanol–water partition coefficient (Wildman–Crippen LogP) is 7.78. The first-order valence-corrected chi connectivity index (χ1v) is 15.5. The summed E-state index contributed by atoms with van der Waals surface area (Å²) >= 11 is 0. The standard InChI is InChI=1S/C30H48O2Si/c1-4-6-8-10-12-16-22-28(3)32-33(29-23-17-14-18-24-29,30-25-19-15-20-26-30)31-27-21-13-11-9-7-5-2/h14-15,17-20,23-26,28H,4-13,16,21-22,27H2,1-3H3. The van der Waals surface area contributed by atoms with Crippen LogP contribution in [0.3, 0.4) is 0 Å². The first-order chi connectivity index (χ1) is 16.2. The molecule has 2 nitrogen and oxygen atoms in total. The van der Waals surface area contributed by atoms with E-state index in [0.29, 0.717) is 0 Å². The van der Waals surface area contributed by atoms with Crippen molar-refractivity contribution in [2.75, 3.05) is 6.61 Å². The number of rotatable bonds is 19. The molecule has 184 valence electrons. The Kier molecular flexibility index (Phi) is 14.4. The second-order valence-corrected chi connectivity index (χ2v) is 12.4. The first-order valence-electron chi connectivity index (χ1n) is 13.7. The van der Waals surface area contributed by atoms with Crippen molar-refractivity contribution in [3.05, 3.63) is 60.7 Å².